The smallest absolute Gasteiger partial charge is 0.241 e. The lowest BCUT2D eigenvalue weighted by Gasteiger charge is -2.12. The quantitative estimate of drug-likeness (QED) is 0.882. The van der Waals surface area contributed by atoms with Crippen LogP contribution in [-0.2, 0) is 9.53 Å². The summed E-state index contributed by atoms with van der Waals surface area (Å²) in [7, 11) is 1.60. The van der Waals surface area contributed by atoms with Crippen molar-refractivity contribution in [3.63, 3.8) is 0 Å². The Morgan fingerprint density at radius 3 is 3.00 bits per heavy atom. The van der Waals surface area contributed by atoms with Gasteiger partial charge in [-0.25, -0.2) is 4.39 Å². The van der Waals surface area contributed by atoms with E-state index in [0.29, 0.717) is 13.0 Å². The minimum absolute atomic E-state index is 0.0110. The van der Waals surface area contributed by atoms with Crippen molar-refractivity contribution in [3.8, 4) is 0 Å². The van der Waals surface area contributed by atoms with Gasteiger partial charge in [0.2, 0.25) is 5.91 Å². The largest absolute Gasteiger partial charge is 0.380 e. The summed E-state index contributed by atoms with van der Waals surface area (Å²) in [5.41, 5.74) is 0.0202. The molecule has 1 amide bonds. The maximum Gasteiger partial charge on any atom is 0.241 e. The molecule has 98 valence electrons. The van der Waals surface area contributed by atoms with Crippen molar-refractivity contribution in [1.82, 2.24) is 5.32 Å². The first-order valence-corrected chi connectivity index (χ1v) is 6.00. The number of halogens is 2. The van der Waals surface area contributed by atoms with Crippen LogP contribution in [0.1, 0.15) is 6.42 Å². The maximum absolute atomic E-state index is 13.5. The highest BCUT2D eigenvalue weighted by Gasteiger charge is 2.29. The molecule has 1 heterocycles. The van der Waals surface area contributed by atoms with Crippen LogP contribution in [0, 0.1) is 5.82 Å². The van der Waals surface area contributed by atoms with Crippen LogP contribution in [0.2, 0.25) is 5.02 Å². The molecule has 0 spiro atoms. The van der Waals surface area contributed by atoms with Gasteiger partial charge in [0.15, 0.2) is 0 Å². The normalized spacial score (nSPS) is 23.1. The molecule has 2 atom stereocenters. The summed E-state index contributed by atoms with van der Waals surface area (Å²) in [6.45, 7) is 0.611. The van der Waals surface area contributed by atoms with Crippen LogP contribution in [0.25, 0.3) is 0 Å². The number of anilines is 1. The van der Waals surface area contributed by atoms with E-state index in [1.807, 2.05) is 0 Å². The number of ether oxygens (including phenoxy) is 1. The molecule has 0 aliphatic carbocycles. The first-order chi connectivity index (χ1) is 8.61. The maximum atomic E-state index is 13.5. The molecule has 1 fully saturated rings. The third-order valence-corrected chi connectivity index (χ3v) is 3.27. The average molecular weight is 273 g/mol. The molecule has 0 radical (unpaired) electrons. The van der Waals surface area contributed by atoms with Gasteiger partial charge in [0.25, 0.3) is 0 Å². The zero-order chi connectivity index (χ0) is 13.1. The number of methoxy groups -OCH3 is 1. The van der Waals surface area contributed by atoms with Gasteiger partial charge in [-0.3, -0.25) is 4.79 Å². The Bertz CT molecular complexity index is 435. The number of hydrogen-bond acceptors (Lipinski definition) is 3. The Morgan fingerprint density at radius 2 is 2.39 bits per heavy atom. The topological polar surface area (TPSA) is 50.4 Å². The summed E-state index contributed by atoms with van der Waals surface area (Å²) in [5, 5.41) is 5.70. The van der Waals surface area contributed by atoms with E-state index in [-0.39, 0.29) is 28.8 Å². The third kappa shape index (κ3) is 2.80. The van der Waals surface area contributed by atoms with E-state index in [9.17, 15) is 9.18 Å². The number of para-hydroxylation sites is 1. The number of amides is 1. The summed E-state index contributed by atoms with van der Waals surface area (Å²) < 4.78 is 18.6. The fraction of sp³-hybridized carbons (Fsp3) is 0.417. The van der Waals surface area contributed by atoms with Gasteiger partial charge < -0.3 is 15.4 Å². The average Bonchev–Trinajstić information content (AvgIpc) is 2.82. The summed E-state index contributed by atoms with van der Waals surface area (Å²) in [4.78, 5) is 11.9. The first-order valence-electron chi connectivity index (χ1n) is 5.63. The molecule has 4 nitrogen and oxygen atoms in total. The summed E-state index contributed by atoms with van der Waals surface area (Å²) in [5.74, 6) is -0.848. The van der Waals surface area contributed by atoms with Gasteiger partial charge in [-0.05, 0) is 18.6 Å². The molecule has 0 aromatic heterocycles. The van der Waals surface area contributed by atoms with Crippen LogP contribution >= 0.6 is 11.6 Å². The van der Waals surface area contributed by atoms with E-state index < -0.39 is 5.82 Å². The van der Waals surface area contributed by atoms with Crippen LogP contribution in [0.5, 0.6) is 0 Å². The van der Waals surface area contributed by atoms with Gasteiger partial charge in [-0.1, -0.05) is 17.7 Å². The zero-order valence-electron chi connectivity index (χ0n) is 9.87. The first kappa shape index (κ1) is 13.3. The van der Waals surface area contributed by atoms with Crippen molar-refractivity contribution in [2.24, 2.45) is 0 Å². The van der Waals surface area contributed by atoms with E-state index in [4.69, 9.17) is 16.3 Å². The second kappa shape index (κ2) is 5.65. The van der Waals surface area contributed by atoms with E-state index in [1.54, 1.807) is 7.11 Å². The second-order valence-corrected chi connectivity index (χ2v) is 4.55. The molecule has 2 rings (SSSR count). The Kier molecular flexibility index (Phi) is 4.16. The van der Waals surface area contributed by atoms with E-state index >= 15 is 0 Å². The van der Waals surface area contributed by atoms with E-state index in [1.165, 1.54) is 18.2 Å². The van der Waals surface area contributed by atoms with Crippen LogP contribution < -0.4 is 10.6 Å². The number of hydrogen-bond donors (Lipinski definition) is 2. The number of nitrogens with one attached hydrogen (secondary N) is 2. The van der Waals surface area contributed by atoms with Crippen LogP contribution in [-0.4, -0.2) is 31.7 Å². The van der Waals surface area contributed by atoms with Gasteiger partial charge in [0, 0.05) is 13.7 Å². The van der Waals surface area contributed by atoms with Crippen molar-refractivity contribution in [1.29, 1.82) is 0 Å². The summed E-state index contributed by atoms with van der Waals surface area (Å²) in [6.07, 6.45) is 0.575. The summed E-state index contributed by atoms with van der Waals surface area (Å²) in [6, 6.07) is 3.88. The standard InChI is InChI=1S/C12H14ClFN2O2/c1-18-7-5-10(15-6-7)12(17)16-11-8(13)3-2-4-9(11)14/h2-4,7,10,15H,5-6H2,1H3,(H,16,17). The molecular weight excluding hydrogens is 259 g/mol. The van der Waals surface area contributed by atoms with Crippen molar-refractivity contribution < 1.29 is 13.9 Å². The molecule has 2 N–H and O–H groups in total. The van der Waals surface area contributed by atoms with Crippen molar-refractivity contribution >= 4 is 23.2 Å². The molecule has 2 unspecified atom stereocenters. The van der Waals surface area contributed by atoms with Crippen molar-refractivity contribution in [3.05, 3.63) is 29.0 Å². The Balaban J connectivity index is 2.04. The highest BCUT2D eigenvalue weighted by Crippen LogP contribution is 2.25. The predicted octanol–water partition coefficient (Wildman–Crippen LogP) is 1.79. The van der Waals surface area contributed by atoms with Gasteiger partial charge in [0.05, 0.1) is 22.9 Å². The Hall–Kier alpha value is -1.17. The third-order valence-electron chi connectivity index (χ3n) is 2.95. The minimum atomic E-state index is -0.544. The minimum Gasteiger partial charge on any atom is -0.380 e. The lowest BCUT2D eigenvalue weighted by molar-refractivity contribution is -0.118. The lowest BCUT2D eigenvalue weighted by atomic mass is 10.2. The molecule has 1 aliphatic heterocycles. The zero-order valence-corrected chi connectivity index (χ0v) is 10.6. The van der Waals surface area contributed by atoms with Crippen LogP contribution in [0.4, 0.5) is 10.1 Å². The Morgan fingerprint density at radius 1 is 1.61 bits per heavy atom. The van der Waals surface area contributed by atoms with Crippen molar-refractivity contribution in [2.75, 3.05) is 19.0 Å². The lowest BCUT2D eigenvalue weighted by Crippen LogP contribution is -2.35. The molecule has 0 bridgehead atoms. The molecule has 1 aromatic carbocycles. The molecule has 18 heavy (non-hydrogen) atoms. The van der Waals surface area contributed by atoms with Crippen LogP contribution in [0.15, 0.2) is 18.2 Å². The number of benzene rings is 1. The molecule has 1 aromatic rings. The predicted molar refractivity (Wildman–Crippen MR) is 67.2 cm³/mol. The van der Waals surface area contributed by atoms with Gasteiger partial charge in [-0.15, -0.1) is 0 Å². The molecular formula is C12H14ClFN2O2. The molecule has 0 saturated carbocycles. The molecule has 6 heteroatoms. The summed E-state index contributed by atoms with van der Waals surface area (Å²) >= 11 is 5.84. The second-order valence-electron chi connectivity index (χ2n) is 4.14. The monoisotopic (exact) mass is 272 g/mol. The number of carbonyl (C=O) groups is 1. The van der Waals surface area contributed by atoms with Gasteiger partial charge >= 0.3 is 0 Å². The highest BCUT2D eigenvalue weighted by atomic mass is 35.5. The highest BCUT2D eigenvalue weighted by molar-refractivity contribution is 6.33. The SMILES string of the molecule is COC1CNC(C(=O)Nc2c(F)cccc2Cl)C1. The van der Waals surface area contributed by atoms with Crippen molar-refractivity contribution in [2.45, 2.75) is 18.6 Å². The van der Waals surface area contributed by atoms with Gasteiger partial charge in [-0.2, -0.15) is 0 Å². The van der Waals surface area contributed by atoms with Crippen LogP contribution in [0.3, 0.4) is 0 Å². The fourth-order valence-electron chi connectivity index (χ4n) is 1.91. The number of rotatable bonds is 3. The molecule has 1 saturated heterocycles. The number of carbonyl (C=O) groups excluding carboxylic acids is 1. The van der Waals surface area contributed by atoms with E-state index in [2.05, 4.69) is 10.6 Å². The van der Waals surface area contributed by atoms with E-state index in [0.717, 1.165) is 0 Å². The Labute approximate surface area is 109 Å². The van der Waals surface area contributed by atoms with Gasteiger partial charge in [0.1, 0.15) is 5.82 Å². The fourth-order valence-corrected chi connectivity index (χ4v) is 2.12. The molecule has 1 aliphatic rings.